The van der Waals surface area contributed by atoms with Crippen LogP contribution in [0.2, 0.25) is 0 Å². The Kier molecular flexibility index (Phi) is 6.35. The van der Waals surface area contributed by atoms with Gasteiger partial charge in [-0.3, -0.25) is 9.97 Å². The number of ether oxygens (including phenoxy) is 1. The maximum absolute atomic E-state index is 6.01. The number of nitrogens with one attached hydrogen (secondary N) is 1. The average molecular weight is 504 g/mol. The summed E-state index contributed by atoms with van der Waals surface area (Å²) in [6, 6.07) is 31.9. The van der Waals surface area contributed by atoms with Gasteiger partial charge in [0.05, 0.1) is 11.7 Å². The fourth-order valence-electron chi connectivity index (χ4n) is 4.76. The van der Waals surface area contributed by atoms with E-state index in [0.717, 1.165) is 34.1 Å². The van der Waals surface area contributed by atoms with E-state index < -0.39 is 0 Å². The SMILES string of the molecule is S=C1N[C@H](c2ccccn2)[C@H](c2cccn2Cc2cccnc2)N1c1ccc(Oc2ccccc2)cc1. The van der Waals surface area contributed by atoms with Gasteiger partial charge in [0.2, 0.25) is 0 Å². The van der Waals surface area contributed by atoms with Gasteiger partial charge < -0.3 is 19.5 Å². The van der Waals surface area contributed by atoms with E-state index in [4.69, 9.17) is 17.0 Å². The third-order valence-corrected chi connectivity index (χ3v) is 6.75. The molecule has 182 valence electrons. The van der Waals surface area contributed by atoms with Crippen molar-refractivity contribution < 1.29 is 4.74 Å². The first-order valence-corrected chi connectivity index (χ1v) is 12.5. The zero-order chi connectivity index (χ0) is 25.0. The molecule has 1 N–H and O–H groups in total. The molecule has 2 aromatic carbocycles. The molecule has 0 unspecified atom stereocenters. The highest BCUT2D eigenvalue weighted by Gasteiger charge is 2.42. The summed E-state index contributed by atoms with van der Waals surface area (Å²) in [6.07, 6.45) is 7.63. The highest BCUT2D eigenvalue weighted by molar-refractivity contribution is 7.80. The number of benzene rings is 2. The van der Waals surface area contributed by atoms with E-state index >= 15 is 0 Å². The standard InChI is InChI=1S/C30H25N5OS/c37-30-33-28(26-11-4-5-18-32-26)29(27-12-7-19-34(27)21-22-8-6-17-31-20-22)35(30)23-13-15-25(16-14-23)36-24-9-2-1-3-10-24/h1-20,28-29H,21H2,(H,33,37)/t28-,29+/m1/s1. The van der Waals surface area contributed by atoms with Crippen LogP contribution >= 0.6 is 12.2 Å². The van der Waals surface area contributed by atoms with Gasteiger partial charge in [-0.15, -0.1) is 0 Å². The molecule has 7 heteroatoms. The zero-order valence-corrected chi connectivity index (χ0v) is 20.8. The second-order valence-corrected chi connectivity index (χ2v) is 9.21. The van der Waals surface area contributed by atoms with Crippen LogP contribution in [0.25, 0.3) is 0 Å². The average Bonchev–Trinajstić information content (AvgIpc) is 3.54. The summed E-state index contributed by atoms with van der Waals surface area (Å²) >= 11 is 5.90. The molecule has 2 atom stereocenters. The minimum absolute atomic E-state index is 0.102. The topological polar surface area (TPSA) is 55.2 Å². The van der Waals surface area contributed by atoms with Crippen molar-refractivity contribution in [3.05, 3.63) is 139 Å². The molecule has 4 heterocycles. The van der Waals surface area contributed by atoms with Crippen molar-refractivity contribution in [2.24, 2.45) is 0 Å². The van der Waals surface area contributed by atoms with Crippen LogP contribution in [0.1, 0.15) is 29.0 Å². The summed E-state index contributed by atoms with van der Waals surface area (Å²) in [5, 5.41) is 4.20. The van der Waals surface area contributed by atoms with Gasteiger partial charge in [0.15, 0.2) is 5.11 Å². The maximum Gasteiger partial charge on any atom is 0.174 e. The molecule has 5 aromatic rings. The number of anilines is 1. The van der Waals surface area contributed by atoms with E-state index in [2.05, 4.69) is 61.3 Å². The third-order valence-electron chi connectivity index (χ3n) is 6.44. The molecule has 0 saturated carbocycles. The van der Waals surface area contributed by atoms with Crippen LogP contribution in [0.3, 0.4) is 0 Å². The Bertz CT molecular complexity index is 1470. The number of thiocarbonyl (C=S) groups is 1. The molecule has 0 bridgehead atoms. The first-order chi connectivity index (χ1) is 18.3. The number of hydrogen-bond acceptors (Lipinski definition) is 4. The molecule has 0 spiro atoms. The van der Waals surface area contributed by atoms with Crippen LogP contribution in [0.15, 0.2) is 122 Å². The number of aromatic nitrogens is 3. The summed E-state index contributed by atoms with van der Waals surface area (Å²) in [7, 11) is 0. The molecule has 1 aliphatic rings. The van der Waals surface area contributed by atoms with Crippen molar-refractivity contribution in [3.63, 3.8) is 0 Å². The first-order valence-electron chi connectivity index (χ1n) is 12.1. The monoisotopic (exact) mass is 503 g/mol. The summed E-state index contributed by atoms with van der Waals surface area (Å²) in [5.41, 5.74) is 4.19. The van der Waals surface area contributed by atoms with E-state index in [1.807, 2.05) is 79.1 Å². The molecule has 6 rings (SSSR count). The van der Waals surface area contributed by atoms with Gasteiger partial charge in [-0.2, -0.15) is 0 Å². The molecule has 0 radical (unpaired) electrons. The van der Waals surface area contributed by atoms with Gasteiger partial charge in [0, 0.05) is 42.7 Å². The molecular weight excluding hydrogens is 478 g/mol. The van der Waals surface area contributed by atoms with Crippen LogP contribution in [0.4, 0.5) is 5.69 Å². The minimum atomic E-state index is -0.114. The van der Waals surface area contributed by atoms with Crippen molar-refractivity contribution in [2.45, 2.75) is 18.6 Å². The highest BCUT2D eigenvalue weighted by atomic mass is 32.1. The molecule has 0 amide bonds. The number of nitrogens with zero attached hydrogens (tertiary/aromatic N) is 4. The Hall–Kier alpha value is -4.49. The molecule has 0 aliphatic carbocycles. The second kappa shape index (κ2) is 10.2. The van der Waals surface area contributed by atoms with Gasteiger partial charge in [0.25, 0.3) is 0 Å². The van der Waals surface area contributed by atoms with Crippen LogP contribution < -0.4 is 15.0 Å². The van der Waals surface area contributed by atoms with E-state index in [-0.39, 0.29) is 12.1 Å². The van der Waals surface area contributed by atoms with Gasteiger partial charge >= 0.3 is 0 Å². The first kappa shape index (κ1) is 22.9. The van der Waals surface area contributed by atoms with E-state index in [9.17, 15) is 0 Å². The summed E-state index contributed by atoms with van der Waals surface area (Å²) in [4.78, 5) is 11.1. The zero-order valence-electron chi connectivity index (χ0n) is 20.0. The number of para-hydroxylation sites is 1. The predicted molar refractivity (Wildman–Crippen MR) is 149 cm³/mol. The van der Waals surface area contributed by atoms with Crippen molar-refractivity contribution in [3.8, 4) is 11.5 Å². The van der Waals surface area contributed by atoms with Crippen molar-refractivity contribution in [1.29, 1.82) is 0 Å². The lowest BCUT2D eigenvalue weighted by molar-refractivity contribution is 0.482. The number of rotatable bonds is 7. The fraction of sp³-hybridized carbons (Fsp3) is 0.100. The maximum atomic E-state index is 6.01. The summed E-state index contributed by atoms with van der Waals surface area (Å²) in [5.74, 6) is 1.57. The molecule has 1 fully saturated rings. The summed E-state index contributed by atoms with van der Waals surface area (Å²) < 4.78 is 8.27. The van der Waals surface area contributed by atoms with Crippen LogP contribution in [0, 0.1) is 0 Å². The summed E-state index contributed by atoms with van der Waals surface area (Å²) in [6.45, 7) is 0.714. The Balaban J connectivity index is 1.36. The largest absolute Gasteiger partial charge is 0.457 e. The van der Waals surface area contributed by atoms with Gasteiger partial charge in [-0.1, -0.05) is 30.3 Å². The third kappa shape index (κ3) is 4.81. The van der Waals surface area contributed by atoms with Gasteiger partial charge in [-0.05, 0) is 84.5 Å². The molecule has 3 aromatic heterocycles. The van der Waals surface area contributed by atoms with Gasteiger partial charge in [0.1, 0.15) is 17.5 Å². The van der Waals surface area contributed by atoms with Crippen LogP contribution in [-0.4, -0.2) is 19.6 Å². The Morgan fingerprint density at radius 2 is 1.62 bits per heavy atom. The lowest BCUT2D eigenvalue weighted by atomic mass is 10.0. The Morgan fingerprint density at radius 1 is 0.811 bits per heavy atom. The Labute approximate surface area is 221 Å². The Morgan fingerprint density at radius 3 is 2.38 bits per heavy atom. The highest BCUT2D eigenvalue weighted by Crippen LogP contribution is 2.42. The molecular formula is C30H25N5OS. The van der Waals surface area contributed by atoms with Crippen LogP contribution in [0.5, 0.6) is 11.5 Å². The minimum Gasteiger partial charge on any atom is -0.457 e. The quantitative estimate of drug-likeness (QED) is 0.263. The van der Waals surface area contributed by atoms with Crippen molar-refractivity contribution in [2.75, 3.05) is 4.90 Å². The van der Waals surface area contributed by atoms with Crippen molar-refractivity contribution >= 4 is 23.0 Å². The van der Waals surface area contributed by atoms with Crippen molar-refractivity contribution in [1.82, 2.24) is 19.9 Å². The van der Waals surface area contributed by atoms with E-state index in [1.54, 1.807) is 6.20 Å². The van der Waals surface area contributed by atoms with E-state index in [1.165, 1.54) is 0 Å². The second-order valence-electron chi connectivity index (χ2n) is 8.83. The number of pyridine rings is 2. The fourth-order valence-corrected chi connectivity index (χ4v) is 5.11. The smallest absolute Gasteiger partial charge is 0.174 e. The normalized spacial score (nSPS) is 17.0. The molecule has 1 aliphatic heterocycles. The number of hydrogen-bond donors (Lipinski definition) is 1. The molecule has 6 nitrogen and oxygen atoms in total. The molecule has 1 saturated heterocycles. The lowest BCUT2D eigenvalue weighted by Gasteiger charge is -2.29. The molecule has 37 heavy (non-hydrogen) atoms. The van der Waals surface area contributed by atoms with Crippen LogP contribution in [-0.2, 0) is 6.54 Å². The van der Waals surface area contributed by atoms with E-state index in [0.29, 0.717) is 11.7 Å². The van der Waals surface area contributed by atoms with Gasteiger partial charge in [-0.25, -0.2) is 0 Å². The lowest BCUT2D eigenvalue weighted by Crippen LogP contribution is -2.30. The predicted octanol–water partition coefficient (Wildman–Crippen LogP) is 6.30.